The largest absolute Gasteiger partial charge is 0.756 e. The Bertz CT molecular complexity index is 858. The van der Waals surface area contributed by atoms with Gasteiger partial charge in [0.15, 0.2) is 0 Å². The average molecular weight is 731 g/mol. The van der Waals surface area contributed by atoms with Gasteiger partial charge in [0.1, 0.15) is 26.0 Å². The predicted molar refractivity (Wildman–Crippen MR) is 178 cm³/mol. The number of amides is 3. The van der Waals surface area contributed by atoms with E-state index in [1.54, 1.807) is 0 Å². The highest BCUT2D eigenvalue weighted by molar-refractivity contribution is 7.45. The molecule has 0 aromatic carbocycles. The molecule has 18 heteroatoms. The van der Waals surface area contributed by atoms with Crippen molar-refractivity contribution in [2.24, 2.45) is 0 Å². The van der Waals surface area contributed by atoms with Crippen LogP contribution in [0.5, 0.6) is 0 Å². The second kappa shape index (κ2) is 34.4. The second-order valence-corrected chi connectivity index (χ2v) is 12.5. The molecule has 0 saturated heterocycles. The van der Waals surface area contributed by atoms with Crippen LogP contribution in [-0.2, 0) is 46.8 Å². The maximum Gasteiger partial charge on any atom is 0.409 e. The fourth-order valence-electron chi connectivity index (χ4n) is 4.07. The molecule has 0 aromatic heterocycles. The predicted octanol–water partition coefficient (Wildman–Crippen LogP) is 2.77. The molecule has 3 amide bonds. The first-order valence-corrected chi connectivity index (χ1v) is 18.7. The Morgan fingerprint density at radius 1 is 0.673 bits per heavy atom. The van der Waals surface area contributed by atoms with E-state index < -0.39 is 26.1 Å². The second-order valence-electron chi connectivity index (χ2n) is 11.0. The maximum atomic E-state index is 12.2. The lowest BCUT2D eigenvalue weighted by Gasteiger charge is -2.19. The number of phosphoric ester groups is 1. The lowest BCUT2D eigenvalue weighted by molar-refractivity contribution is -0.223. The van der Waals surface area contributed by atoms with E-state index in [1.807, 2.05) is 0 Å². The number of alkyl carbamates (subject to hydrolysis) is 2. The van der Waals surface area contributed by atoms with Crippen molar-refractivity contribution in [3.63, 3.8) is 0 Å². The summed E-state index contributed by atoms with van der Waals surface area (Å²) in [5.74, 6) is -0.0771. The number of ether oxygens (including phenoxy) is 6. The Morgan fingerprint density at radius 2 is 1.31 bits per heavy atom. The molecule has 0 rings (SSSR count). The summed E-state index contributed by atoms with van der Waals surface area (Å²) in [6, 6.07) is 0. The number of hydrogen-bond acceptors (Lipinski definition) is 14. The lowest BCUT2D eigenvalue weighted by atomic mass is 10.1. The van der Waals surface area contributed by atoms with E-state index in [1.165, 1.54) is 7.11 Å². The van der Waals surface area contributed by atoms with Crippen LogP contribution in [0.1, 0.15) is 83.5 Å². The van der Waals surface area contributed by atoms with E-state index >= 15 is 0 Å². The first-order valence-electron chi connectivity index (χ1n) is 17.2. The molecule has 0 bridgehead atoms. The summed E-state index contributed by atoms with van der Waals surface area (Å²) in [6.07, 6.45) is 9.29. The molecular weight excluding hydrogens is 669 g/mol. The van der Waals surface area contributed by atoms with E-state index in [0.717, 1.165) is 64.9 Å². The summed E-state index contributed by atoms with van der Waals surface area (Å²) in [6.45, 7) is 2.12. The Balaban J connectivity index is 4.06. The molecule has 290 valence electrons. The molecule has 49 heavy (non-hydrogen) atoms. The van der Waals surface area contributed by atoms with E-state index in [2.05, 4.69) is 25.0 Å². The molecule has 0 saturated carbocycles. The van der Waals surface area contributed by atoms with Gasteiger partial charge in [-0.25, -0.2) is 9.59 Å². The van der Waals surface area contributed by atoms with Crippen molar-refractivity contribution in [3.05, 3.63) is 0 Å². The fraction of sp³-hybridized carbons (Fsp3) is 0.903. The molecule has 0 fully saturated rings. The van der Waals surface area contributed by atoms with Crippen molar-refractivity contribution in [2.75, 3.05) is 93.5 Å². The Hall–Kier alpha value is -2.08. The van der Waals surface area contributed by atoms with E-state index in [9.17, 15) is 23.8 Å². The molecule has 0 aromatic rings. The monoisotopic (exact) mass is 730 g/mol. The minimum atomic E-state index is -4.11. The smallest absolute Gasteiger partial charge is 0.409 e. The van der Waals surface area contributed by atoms with Crippen LogP contribution >= 0.6 is 7.82 Å². The molecule has 0 aliphatic heterocycles. The summed E-state index contributed by atoms with van der Waals surface area (Å²) in [4.78, 5) is 47.3. The van der Waals surface area contributed by atoms with Crippen LogP contribution in [0.2, 0.25) is 0 Å². The van der Waals surface area contributed by atoms with Crippen molar-refractivity contribution in [2.45, 2.75) is 89.6 Å². The van der Waals surface area contributed by atoms with Gasteiger partial charge in [-0.2, -0.15) is 0 Å². The molecule has 4 N–H and O–H groups in total. The summed E-state index contributed by atoms with van der Waals surface area (Å²) >= 11 is 0. The normalized spacial score (nSPS) is 13.0. The van der Waals surface area contributed by atoms with Gasteiger partial charge in [-0.1, -0.05) is 51.4 Å². The molecular formula is C31H61N3O14P-. The zero-order valence-corrected chi connectivity index (χ0v) is 30.4. The van der Waals surface area contributed by atoms with Crippen molar-refractivity contribution in [3.8, 4) is 0 Å². The third-order valence-corrected chi connectivity index (χ3v) is 7.73. The highest BCUT2D eigenvalue weighted by Gasteiger charge is 2.16. The summed E-state index contributed by atoms with van der Waals surface area (Å²) < 4.78 is 51.4. The van der Waals surface area contributed by atoms with Gasteiger partial charge in [-0.3, -0.25) is 14.7 Å². The zero-order chi connectivity index (χ0) is 36.3. The molecule has 2 unspecified atom stereocenters. The number of carbonyl (C=O) groups is 3. The molecule has 0 heterocycles. The van der Waals surface area contributed by atoms with Crippen LogP contribution in [0, 0.1) is 0 Å². The van der Waals surface area contributed by atoms with Crippen LogP contribution in [0.4, 0.5) is 9.59 Å². The number of aliphatic hydroxyl groups excluding tert-OH is 1. The van der Waals surface area contributed by atoms with Crippen LogP contribution in [0.25, 0.3) is 0 Å². The number of carbonyl (C=O) groups excluding carboxylic acids is 3. The molecule has 17 nitrogen and oxygen atoms in total. The number of phosphoric acid groups is 1. The van der Waals surface area contributed by atoms with Crippen LogP contribution in [-0.4, -0.2) is 123 Å². The number of hydrogen-bond donors (Lipinski definition) is 4. The van der Waals surface area contributed by atoms with Gasteiger partial charge in [0, 0.05) is 53.6 Å². The van der Waals surface area contributed by atoms with Crippen molar-refractivity contribution in [1.29, 1.82) is 0 Å². The number of nitrogens with one attached hydrogen (secondary N) is 3. The van der Waals surface area contributed by atoms with E-state index in [-0.39, 0.29) is 65.2 Å². The van der Waals surface area contributed by atoms with Crippen LogP contribution in [0.15, 0.2) is 0 Å². The Morgan fingerprint density at radius 3 is 1.94 bits per heavy atom. The van der Waals surface area contributed by atoms with Gasteiger partial charge in [0.2, 0.25) is 5.91 Å². The van der Waals surface area contributed by atoms with Gasteiger partial charge in [-0.15, -0.1) is 0 Å². The standard InChI is InChI=1S/C31H62N3O14P/c1-41-23-24-44-27-34-31(38)47-26-28(25-46-30(37)33-17-22-43-19-14-18-35)45-20-13-15-29(36)32-16-11-9-7-5-3-4-6-8-10-12-21-48-49(39,40)42-2/h28,35H,3-27H2,1-2H3,(H,32,36)(H,33,37)(H,34,38)(H,39,40)/p-1. The maximum absolute atomic E-state index is 12.2. The molecule has 2 atom stereocenters. The molecule has 0 aliphatic carbocycles. The highest BCUT2D eigenvalue weighted by atomic mass is 31.2. The van der Waals surface area contributed by atoms with E-state index in [4.69, 9.17) is 33.5 Å². The quantitative estimate of drug-likeness (QED) is 0.0419. The zero-order valence-electron chi connectivity index (χ0n) is 29.5. The van der Waals surface area contributed by atoms with Crippen LogP contribution in [0.3, 0.4) is 0 Å². The summed E-state index contributed by atoms with van der Waals surface area (Å²) in [5, 5.41) is 16.6. The average Bonchev–Trinajstić information content (AvgIpc) is 3.08. The SMILES string of the molecule is COCCOCNC(=O)OCC(COC(=O)NCCOCCCO)OCCCC(=O)NCCCCCCCCCCCCOP(=O)([O-])OC. The number of unbranched alkanes of at least 4 members (excludes halogenated alkanes) is 9. The van der Waals surface area contributed by atoms with Crippen molar-refractivity contribution >= 4 is 25.9 Å². The summed E-state index contributed by atoms with van der Waals surface area (Å²) in [5.41, 5.74) is 0. The molecule has 0 radical (unpaired) electrons. The molecule has 0 spiro atoms. The van der Waals surface area contributed by atoms with Gasteiger partial charge >= 0.3 is 12.2 Å². The summed E-state index contributed by atoms with van der Waals surface area (Å²) in [7, 11) is -1.49. The van der Waals surface area contributed by atoms with Gasteiger partial charge < -0.3 is 58.1 Å². The number of methoxy groups -OCH3 is 1. The van der Waals surface area contributed by atoms with Crippen LogP contribution < -0.4 is 20.8 Å². The Kier molecular flexibility index (Phi) is 32.9. The fourth-order valence-corrected chi connectivity index (χ4v) is 4.53. The Labute approximate surface area is 291 Å². The lowest BCUT2D eigenvalue weighted by Crippen LogP contribution is -2.35. The minimum absolute atomic E-state index is 0.0295. The number of rotatable bonds is 35. The van der Waals surface area contributed by atoms with Gasteiger partial charge in [0.05, 0.1) is 26.4 Å². The van der Waals surface area contributed by atoms with E-state index in [0.29, 0.717) is 45.6 Å². The third-order valence-electron chi connectivity index (χ3n) is 6.78. The van der Waals surface area contributed by atoms with Gasteiger partial charge in [0.25, 0.3) is 7.82 Å². The molecule has 0 aliphatic rings. The van der Waals surface area contributed by atoms with Gasteiger partial charge in [-0.05, 0) is 25.7 Å². The third kappa shape index (κ3) is 34.2. The van der Waals surface area contributed by atoms with Crippen molar-refractivity contribution in [1.82, 2.24) is 16.0 Å². The first-order chi connectivity index (χ1) is 23.7. The topological polar surface area (TPSA) is 221 Å². The first kappa shape index (κ1) is 46.9. The minimum Gasteiger partial charge on any atom is -0.756 e. The van der Waals surface area contributed by atoms with Crippen molar-refractivity contribution < 1.29 is 66.4 Å². The number of aliphatic hydroxyl groups is 1. The highest BCUT2D eigenvalue weighted by Crippen LogP contribution is 2.36.